The average molecular weight is 420 g/mol. The first-order valence-corrected chi connectivity index (χ1v) is 7.73. The molecule has 0 saturated heterocycles. The number of ether oxygens (including phenoxy) is 2. The van der Waals surface area contributed by atoms with Crippen LogP contribution in [0.3, 0.4) is 0 Å². The Kier molecular flexibility index (Phi) is 5.87. The lowest BCUT2D eigenvalue weighted by Crippen LogP contribution is -2.19. The molecule has 2 aromatic rings. The summed E-state index contributed by atoms with van der Waals surface area (Å²) in [6, 6.07) is 8.82. The van der Waals surface area contributed by atoms with Gasteiger partial charge in [-0.05, 0) is 36.4 Å². The van der Waals surface area contributed by atoms with Gasteiger partial charge in [-0.2, -0.15) is 0 Å². The maximum absolute atomic E-state index is 11.8. The van der Waals surface area contributed by atoms with Gasteiger partial charge >= 0.3 is 11.9 Å². The molecule has 5 nitrogen and oxygen atoms in total. The van der Waals surface area contributed by atoms with Gasteiger partial charge < -0.3 is 14.6 Å². The number of halogens is 3. The number of carboxylic acid groups (broad SMARTS) is 1. The number of esters is 1. The van der Waals surface area contributed by atoms with Crippen molar-refractivity contribution in [1.29, 1.82) is 0 Å². The molecule has 2 aromatic carbocycles. The highest BCUT2D eigenvalue weighted by molar-refractivity contribution is 9.10. The number of carbonyl (C=O) groups is 2. The molecule has 0 atom stereocenters. The van der Waals surface area contributed by atoms with Crippen LogP contribution in [0, 0.1) is 0 Å². The maximum Gasteiger partial charge on any atom is 0.349 e. The summed E-state index contributed by atoms with van der Waals surface area (Å²) in [4.78, 5) is 22.9. The third kappa shape index (κ3) is 4.86. The van der Waals surface area contributed by atoms with E-state index < -0.39 is 18.5 Å². The highest BCUT2D eigenvalue weighted by Gasteiger charge is 2.16. The van der Waals surface area contributed by atoms with Gasteiger partial charge in [0, 0.05) is 9.50 Å². The highest BCUT2D eigenvalue weighted by Crippen LogP contribution is 2.28. The van der Waals surface area contributed by atoms with Gasteiger partial charge in [0.15, 0.2) is 6.61 Å². The minimum Gasteiger partial charge on any atom is -0.480 e. The molecule has 8 heteroatoms. The van der Waals surface area contributed by atoms with Crippen molar-refractivity contribution in [1.82, 2.24) is 0 Å². The second kappa shape index (κ2) is 7.68. The summed E-state index contributed by atoms with van der Waals surface area (Å²) in [6.07, 6.45) is 0. The molecule has 0 aromatic heterocycles. The number of carbonyl (C=O) groups excluding carboxylic acids is 1. The molecule has 23 heavy (non-hydrogen) atoms. The van der Waals surface area contributed by atoms with Crippen LogP contribution in [-0.4, -0.2) is 23.7 Å². The predicted octanol–water partition coefficient (Wildman–Crippen LogP) is 4.44. The van der Waals surface area contributed by atoms with Crippen LogP contribution < -0.4 is 9.47 Å². The number of benzene rings is 2. The fraction of sp³-hybridized carbons (Fsp3) is 0.0667. The van der Waals surface area contributed by atoms with Crippen LogP contribution in [0.15, 0.2) is 40.9 Å². The third-order valence-electron chi connectivity index (χ3n) is 2.64. The second-order valence-corrected chi connectivity index (χ2v) is 6.04. The largest absolute Gasteiger partial charge is 0.480 e. The van der Waals surface area contributed by atoms with E-state index in [1.165, 1.54) is 18.2 Å². The summed E-state index contributed by atoms with van der Waals surface area (Å²) in [7, 11) is 0. The monoisotopic (exact) mass is 418 g/mol. The molecule has 0 aliphatic carbocycles. The first-order valence-electron chi connectivity index (χ1n) is 6.18. The van der Waals surface area contributed by atoms with Crippen LogP contribution in [0.1, 0.15) is 10.4 Å². The Morgan fingerprint density at radius 2 is 1.78 bits per heavy atom. The topological polar surface area (TPSA) is 72.8 Å². The van der Waals surface area contributed by atoms with Crippen molar-refractivity contribution >= 4 is 51.1 Å². The zero-order valence-electron chi connectivity index (χ0n) is 11.4. The van der Waals surface area contributed by atoms with Crippen LogP contribution in [0.25, 0.3) is 0 Å². The minimum atomic E-state index is -1.26. The van der Waals surface area contributed by atoms with Gasteiger partial charge in [0.2, 0.25) is 0 Å². The molecule has 0 bridgehead atoms. The Morgan fingerprint density at radius 3 is 2.43 bits per heavy atom. The Balaban J connectivity index is 2.04. The summed E-state index contributed by atoms with van der Waals surface area (Å²) in [5, 5.41) is 9.62. The van der Waals surface area contributed by atoms with Crippen LogP contribution in [0.4, 0.5) is 0 Å². The van der Waals surface area contributed by atoms with E-state index in [1.54, 1.807) is 18.2 Å². The fourth-order valence-corrected chi connectivity index (χ4v) is 2.54. The van der Waals surface area contributed by atoms with E-state index >= 15 is 0 Å². The van der Waals surface area contributed by atoms with Crippen molar-refractivity contribution in [3.63, 3.8) is 0 Å². The molecule has 1 N–H and O–H groups in total. The van der Waals surface area contributed by atoms with Crippen LogP contribution in [0.2, 0.25) is 10.0 Å². The Hall–Kier alpha value is -1.76. The van der Waals surface area contributed by atoms with E-state index in [0.29, 0.717) is 10.8 Å². The van der Waals surface area contributed by atoms with Crippen molar-refractivity contribution in [3.8, 4) is 11.5 Å². The normalized spacial score (nSPS) is 10.2. The van der Waals surface area contributed by atoms with E-state index in [0.717, 1.165) is 4.47 Å². The second-order valence-electron chi connectivity index (χ2n) is 4.28. The molecule has 0 aliphatic rings. The highest BCUT2D eigenvalue weighted by atomic mass is 79.9. The van der Waals surface area contributed by atoms with E-state index in [1.807, 2.05) is 0 Å². The molecule has 0 fully saturated rings. The SMILES string of the molecule is O=C(COc1ccc(Br)cc1Cl)Oc1ccc(Cl)cc1C(=O)O. The first-order chi connectivity index (χ1) is 10.9. The van der Waals surface area contributed by atoms with Crippen molar-refractivity contribution < 1.29 is 24.2 Å². The number of hydrogen-bond acceptors (Lipinski definition) is 4. The molecule has 0 aliphatic heterocycles. The van der Waals surface area contributed by atoms with E-state index in [9.17, 15) is 9.59 Å². The number of rotatable bonds is 5. The molecule has 0 spiro atoms. The Bertz CT molecular complexity index is 764. The summed E-state index contributed by atoms with van der Waals surface area (Å²) in [5.74, 6) is -1.83. The van der Waals surface area contributed by atoms with E-state index in [-0.39, 0.29) is 16.3 Å². The van der Waals surface area contributed by atoms with Crippen LogP contribution in [-0.2, 0) is 4.79 Å². The summed E-state index contributed by atoms with van der Waals surface area (Å²) in [6.45, 7) is -0.428. The van der Waals surface area contributed by atoms with Gasteiger partial charge in [-0.1, -0.05) is 39.1 Å². The molecule has 0 amide bonds. The number of aromatic carboxylic acids is 1. The number of carboxylic acids is 1. The van der Waals surface area contributed by atoms with Crippen LogP contribution in [0.5, 0.6) is 11.5 Å². The molecule has 2 rings (SSSR count). The predicted molar refractivity (Wildman–Crippen MR) is 88.7 cm³/mol. The average Bonchev–Trinajstić information content (AvgIpc) is 2.48. The molecule has 120 valence electrons. The van der Waals surface area contributed by atoms with Gasteiger partial charge in [0.25, 0.3) is 0 Å². The Labute approximate surface area is 149 Å². The van der Waals surface area contributed by atoms with Gasteiger partial charge in [-0.15, -0.1) is 0 Å². The van der Waals surface area contributed by atoms with Crippen molar-refractivity contribution in [2.75, 3.05) is 6.61 Å². The minimum absolute atomic E-state index is 0.114. The molecular weight excluding hydrogens is 411 g/mol. The zero-order valence-corrected chi connectivity index (χ0v) is 14.5. The standard InChI is InChI=1S/C15H9BrCl2O5/c16-8-1-3-13(11(18)5-8)22-7-14(19)23-12-4-2-9(17)6-10(12)15(20)21/h1-6H,7H2,(H,20,21). The smallest absolute Gasteiger partial charge is 0.349 e. The lowest BCUT2D eigenvalue weighted by atomic mass is 10.2. The molecule has 0 radical (unpaired) electrons. The lowest BCUT2D eigenvalue weighted by molar-refractivity contribution is -0.136. The van der Waals surface area contributed by atoms with E-state index in [4.69, 9.17) is 37.8 Å². The van der Waals surface area contributed by atoms with Gasteiger partial charge in [0.05, 0.1) is 5.02 Å². The lowest BCUT2D eigenvalue weighted by Gasteiger charge is -2.10. The van der Waals surface area contributed by atoms with E-state index in [2.05, 4.69) is 15.9 Å². The fourth-order valence-electron chi connectivity index (χ4n) is 1.64. The van der Waals surface area contributed by atoms with Crippen molar-refractivity contribution in [2.24, 2.45) is 0 Å². The quantitative estimate of drug-likeness (QED) is 0.572. The number of hydrogen-bond donors (Lipinski definition) is 1. The van der Waals surface area contributed by atoms with Gasteiger partial charge in [-0.3, -0.25) is 0 Å². The zero-order chi connectivity index (χ0) is 17.0. The van der Waals surface area contributed by atoms with Gasteiger partial charge in [-0.25, -0.2) is 9.59 Å². The molecule has 0 heterocycles. The molecule has 0 saturated carbocycles. The van der Waals surface area contributed by atoms with Crippen molar-refractivity contribution in [3.05, 3.63) is 56.5 Å². The Morgan fingerprint density at radius 1 is 1.09 bits per heavy atom. The van der Waals surface area contributed by atoms with Crippen molar-refractivity contribution in [2.45, 2.75) is 0 Å². The maximum atomic E-state index is 11.8. The third-order valence-corrected chi connectivity index (χ3v) is 3.66. The molecule has 0 unspecified atom stereocenters. The summed E-state index contributed by atoms with van der Waals surface area (Å²) >= 11 is 14.9. The molecular formula is C15H9BrCl2O5. The summed E-state index contributed by atoms with van der Waals surface area (Å²) < 4.78 is 11.0. The first kappa shape index (κ1) is 17.6. The van der Waals surface area contributed by atoms with Gasteiger partial charge in [0.1, 0.15) is 17.1 Å². The summed E-state index contributed by atoms with van der Waals surface area (Å²) in [5.41, 5.74) is -0.215. The van der Waals surface area contributed by atoms with Crippen LogP contribution >= 0.6 is 39.1 Å².